The van der Waals surface area contributed by atoms with E-state index in [2.05, 4.69) is 25.9 Å². The van der Waals surface area contributed by atoms with E-state index in [1.165, 1.54) is 19.4 Å². The average molecular weight is 460 g/mol. The van der Waals surface area contributed by atoms with E-state index in [1.54, 1.807) is 24.3 Å². The van der Waals surface area contributed by atoms with Crippen LogP contribution in [0.3, 0.4) is 0 Å². The van der Waals surface area contributed by atoms with Gasteiger partial charge in [0.2, 0.25) is 17.7 Å². The van der Waals surface area contributed by atoms with Crippen LogP contribution in [0.4, 0.5) is 0 Å². The Bertz CT molecular complexity index is 934. The molecule has 0 radical (unpaired) electrons. The van der Waals surface area contributed by atoms with Crippen molar-refractivity contribution in [2.24, 2.45) is 5.73 Å². The highest BCUT2D eigenvalue weighted by Gasteiger charge is 2.31. The third kappa shape index (κ3) is 8.01. The molecule has 4 atom stereocenters. The van der Waals surface area contributed by atoms with Gasteiger partial charge in [0.25, 0.3) is 0 Å². The second-order valence-electron chi connectivity index (χ2n) is 7.42. The number of aromatic nitrogens is 2. The summed E-state index contributed by atoms with van der Waals surface area (Å²) in [5.74, 6) is -3.47. The molecule has 2 aromatic rings. The SMILES string of the molecule is CC(O)C(NC(=O)C(Cc1cnc[nH]1)NC(=O)C(Cc1ccccc1)NC(=O)CN)C(=O)O. The van der Waals surface area contributed by atoms with Gasteiger partial charge in [-0.05, 0) is 12.5 Å². The summed E-state index contributed by atoms with van der Waals surface area (Å²) in [4.78, 5) is 55.8. The van der Waals surface area contributed by atoms with Gasteiger partial charge in [-0.25, -0.2) is 9.78 Å². The van der Waals surface area contributed by atoms with Crippen molar-refractivity contribution in [1.82, 2.24) is 25.9 Å². The largest absolute Gasteiger partial charge is 0.480 e. The molecule has 0 aliphatic carbocycles. The number of aliphatic hydroxyl groups excluding tert-OH is 1. The van der Waals surface area contributed by atoms with Crippen molar-refractivity contribution in [3.05, 3.63) is 54.1 Å². The van der Waals surface area contributed by atoms with Gasteiger partial charge in [0.15, 0.2) is 6.04 Å². The molecule has 0 aliphatic heterocycles. The van der Waals surface area contributed by atoms with Gasteiger partial charge in [-0.15, -0.1) is 0 Å². The molecule has 4 unspecified atom stereocenters. The maximum Gasteiger partial charge on any atom is 0.328 e. The van der Waals surface area contributed by atoms with Gasteiger partial charge < -0.3 is 36.9 Å². The van der Waals surface area contributed by atoms with E-state index < -0.39 is 47.9 Å². The van der Waals surface area contributed by atoms with Crippen molar-refractivity contribution in [3.63, 3.8) is 0 Å². The molecule has 178 valence electrons. The van der Waals surface area contributed by atoms with Crippen LogP contribution in [0.25, 0.3) is 0 Å². The minimum atomic E-state index is -1.57. The molecule has 3 amide bonds. The monoisotopic (exact) mass is 460 g/mol. The molecule has 0 spiro atoms. The van der Waals surface area contributed by atoms with Crippen molar-refractivity contribution in [3.8, 4) is 0 Å². The Hall–Kier alpha value is -3.77. The van der Waals surface area contributed by atoms with Crippen molar-refractivity contribution < 1.29 is 29.4 Å². The highest BCUT2D eigenvalue weighted by atomic mass is 16.4. The summed E-state index contributed by atoms with van der Waals surface area (Å²) in [6.45, 7) is 0.894. The fourth-order valence-corrected chi connectivity index (χ4v) is 3.05. The first-order chi connectivity index (χ1) is 15.7. The average Bonchev–Trinajstić information content (AvgIpc) is 3.29. The maximum absolute atomic E-state index is 13.1. The van der Waals surface area contributed by atoms with Crippen LogP contribution in [0.5, 0.6) is 0 Å². The molecule has 12 heteroatoms. The molecular weight excluding hydrogens is 432 g/mol. The normalized spacial score (nSPS) is 14.4. The highest BCUT2D eigenvalue weighted by Crippen LogP contribution is 2.06. The van der Waals surface area contributed by atoms with Crippen LogP contribution in [-0.2, 0) is 32.0 Å². The molecule has 1 heterocycles. The number of amides is 3. The van der Waals surface area contributed by atoms with Crippen LogP contribution in [-0.4, -0.2) is 74.6 Å². The number of imidazole rings is 1. The quantitative estimate of drug-likeness (QED) is 0.190. The van der Waals surface area contributed by atoms with E-state index in [1.807, 2.05) is 6.07 Å². The number of rotatable bonds is 12. The molecule has 2 rings (SSSR count). The predicted molar refractivity (Wildman–Crippen MR) is 117 cm³/mol. The van der Waals surface area contributed by atoms with Crippen LogP contribution >= 0.6 is 0 Å². The van der Waals surface area contributed by atoms with Gasteiger partial charge in [0.1, 0.15) is 12.1 Å². The molecule has 1 aromatic heterocycles. The molecule has 0 saturated carbocycles. The Morgan fingerprint density at radius 2 is 1.67 bits per heavy atom. The Labute approximate surface area is 190 Å². The molecule has 1 aromatic carbocycles. The number of H-pyrrole nitrogens is 1. The molecule has 0 fully saturated rings. The van der Waals surface area contributed by atoms with Crippen LogP contribution in [0.2, 0.25) is 0 Å². The lowest BCUT2D eigenvalue weighted by Gasteiger charge is -2.25. The lowest BCUT2D eigenvalue weighted by molar-refractivity contribution is -0.145. The van der Waals surface area contributed by atoms with E-state index in [-0.39, 0.29) is 19.4 Å². The summed E-state index contributed by atoms with van der Waals surface area (Å²) in [7, 11) is 0. The summed E-state index contributed by atoms with van der Waals surface area (Å²) >= 11 is 0. The number of hydrogen-bond donors (Lipinski definition) is 7. The van der Waals surface area contributed by atoms with Gasteiger partial charge in [0, 0.05) is 24.7 Å². The summed E-state index contributed by atoms with van der Waals surface area (Å²) in [5, 5.41) is 26.2. The molecule has 0 aliphatic rings. The highest BCUT2D eigenvalue weighted by molar-refractivity contribution is 5.94. The summed E-state index contributed by atoms with van der Waals surface area (Å²) in [6.07, 6.45) is 1.58. The first-order valence-electron chi connectivity index (χ1n) is 10.2. The van der Waals surface area contributed by atoms with E-state index >= 15 is 0 Å². The number of carboxylic acids is 1. The van der Waals surface area contributed by atoms with E-state index in [4.69, 9.17) is 5.73 Å². The van der Waals surface area contributed by atoms with Crippen LogP contribution in [0, 0.1) is 0 Å². The number of carboxylic acid groups (broad SMARTS) is 1. The number of nitrogens with one attached hydrogen (secondary N) is 4. The van der Waals surface area contributed by atoms with Crippen molar-refractivity contribution in [2.45, 2.75) is 44.0 Å². The number of aliphatic carboxylic acids is 1. The summed E-state index contributed by atoms with van der Waals surface area (Å²) in [6, 6.07) is 5.11. The maximum atomic E-state index is 13.1. The lowest BCUT2D eigenvalue weighted by atomic mass is 10.0. The van der Waals surface area contributed by atoms with Gasteiger partial charge >= 0.3 is 5.97 Å². The zero-order valence-electron chi connectivity index (χ0n) is 18.0. The second-order valence-corrected chi connectivity index (χ2v) is 7.42. The topological polar surface area (TPSA) is 200 Å². The number of nitrogens with two attached hydrogens (primary N) is 1. The molecule has 0 saturated heterocycles. The minimum Gasteiger partial charge on any atom is -0.480 e. The van der Waals surface area contributed by atoms with Crippen molar-refractivity contribution in [2.75, 3.05) is 6.54 Å². The van der Waals surface area contributed by atoms with Crippen LogP contribution < -0.4 is 21.7 Å². The first-order valence-corrected chi connectivity index (χ1v) is 10.2. The predicted octanol–water partition coefficient (Wildman–Crippen LogP) is -1.93. The van der Waals surface area contributed by atoms with Crippen molar-refractivity contribution >= 4 is 23.7 Å². The third-order valence-electron chi connectivity index (χ3n) is 4.78. The number of benzene rings is 1. The minimum absolute atomic E-state index is 0.0351. The third-order valence-corrected chi connectivity index (χ3v) is 4.78. The van der Waals surface area contributed by atoms with E-state index in [0.29, 0.717) is 5.69 Å². The molecule has 0 bridgehead atoms. The van der Waals surface area contributed by atoms with E-state index in [9.17, 15) is 29.4 Å². The van der Waals surface area contributed by atoms with Crippen molar-refractivity contribution in [1.29, 1.82) is 0 Å². The Morgan fingerprint density at radius 1 is 1.03 bits per heavy atom. The summed E-state index contributed by atoms with van der Waals surface area (Å²) in [5.41, 5.74) is 6.64. The number of nitrogens with zero attached hydrogens (tertiary/aromatic N) is 1. The molecular formula is C21H28N6O6. The number of hydrogen-bond acceptors (Lipinski definition) is 7. The molecule has 8 N–H and O–H groups in total. The Morgan fingerprint density at radius 3 is 2.21 bits per heavy atom. The molecule has 12 nitrogen and oxygen atoms in total. The van der Waals surface area contributed by atoms with Gasteiger partial charge in [-0.3, -0.25) is 14.4 Å². The number of carbonyl (C=O) groups is 4. The summed E-state index contributed by atoms with van der Waals surface area (Å²) < 4.78 is 0. The van der Waals surface area contributed by atoms with Gasteiger partial charge in [-0.2, -0.15) is 0 Å². The Kier molecular flexibility index (Phi) is 9.51. The van der Waals surface area contributed by atoms with E-state index in [0.717, 1.165) is 5.56 Å². The van der Waals surface area contributed by atoms with Gasteiger partial charge in [0.05, 0.1) is 19.0 Å². The van der Waals surface area contributed by atoms with Crippen LogP contribution in [0.1, 0.15) is 18.2 Å². The Balaban J connectivity index is 2.22. The van der Waals surface area contributed by atoms with Gasteiger partial charge in [-0.1, -0.05) is 30.3 Å². The first kappa shape index (κ1) is 25.5. The number of aliphatic hydroxyl groups is 1. The lowest BCUT2D eigenvalue weighted by Crippen LogP contribution is -2.58. The smallest absolute Gasteiger partial charge is 0.328 e. The fraction of sp³-hybridized carbons (Fsp3) is 0.381. The molecule has 33 heavy (non-hydrogen) atoms. The second kappa shape index (κ2) is 12.3. The van der Waals surface area contributed by atoms with Crippen LogP contribution in [0.15, 0.2) is 42.9 Å². The number of carbonyl (C=O) groups excluding carboxylic acids is 3. The fourth-order valence-electron chi connectivity index (χ4n) is 3.05. The standard InChI is InChI=1S/C21H28N6O6/c1-12(28)18(21(32)33)27-20(31)16(8-14-10-23-11-24-14)26-19(30)15(25-17(29)9-22)7-13-5-3-2-4-6-13/h2-6,10-12,15-16,18,28H,7-9,22H2,1H3,(H,23,24)(H,25,29)(H,26,30)(H,27,31)(H,32,33). The zero-order valence-corrected chi connectivity index (χ0v) is 18.0. The number of aromatic amines is 1. The zero-order chi connectivity index (χ0) is 24.4.